The van der Waals surface area contributed by atoms with Crippen LogP contribution in [0.25, 0.3) is 0 Å². The van der Waals surface area contributed by atoms with Crippen molar-refractivity contribution in [1.29, 1.82) is 0 Å². The fraction of sp³-hybridized carbons (Fsp3) is 0.176. The number of amides is 2. The van der Waals surface area contributed by atoms with E-state index in [1.165, 1.54) is 11.8 Å². The second-order valence-corrected chi connectivity index (χ2v) is 5.35. The molecule has 0 spiro atoms. The molecule has 0 fully saturated rings. The second kappa shape index (κ2) is 6.27. The number of nitrogens with zero attached hydrogens (tertiary/aromatic N) is 1. The molecule has 7 heteroatoms. The number of para-hydroxylation sites is 2. The van der Waals surface area contributed by atoms with E-state index >= 15 is 0 Å². The number of hydrogen-bond donors (Lipinski definition) is 1. The van der Waals surface area contributed by atoms with Gasteiger partial charge in [-0.15, -0.1) is 0 Å². The Morgan fingerprint density at radius 2 is 1.83 bits per heavy atom. The molecule has 0 bridgehead atoms. The maximum absolute atomic E-state index is 13.2. The number of carbonyl (C=O) groups excluding carboxylic acids is 2. The van der Waals surface area contributed by atoms with Crippen LogP contribution in [-0.4, -0.2) is 24.5 Å². The highest BCUT2D eigenvalue weighted by Crippen LogP contribution is 2.33. The standard InChI is InChI=1S/C17H14F2N2O3/c1-10(22)21-9-16(24-15-5-3-2-4-14(15)21)17(23)20-13-7-11(18)6-12(19)8-13/h2-8,16H,9H2,1H3,(H,20,23). The van der Waals surface area contributed by atoms with Crippen molar-refractivity contribution in [2.45, 2.75) is 13.0 Å². The number of benzene rings is 2. The first-order valence-electron chi connectivity index (χ1n) is 7.25. The van der Waals surface area contributed by atoms with Gasteiger partial charge in [0.25, 0.3) is 5.91 Å². The van der Waals surface area contributed by atoms with Crippen LogP contribution in [0.1, 0.15) is 6.92 Å². The molecule has 1 atom stereocenters. The minimum Gasteiger partial charge on any atom is -0.476 e. The average Bonchev–Trinajstić information content (AvgIpc) is 2.52. The predicted molar refractivity (Wildman–Crippen MR) is 83.9 cm³/mol. The van der Waals surface area contributed by atoms with Crippen LogP contribution in [0, 0.1) is 11.6 Å². The van der Waals surface area contributed by atoms with Gasteiger partial charge < -0.3 is 15.0 Å². The molecule has 1 unspecified atom stereocenters. The summed E-state index contributed by atoms with van der Waals surface area (Å²) >= 11 is 0. The third kappa shape index (κ3) is 3.19. The lowest BCUT2D eigenvalue weighted by atomic mass is 10.1. The zero-order valence-electron chi connectivity index (χ0n) is 12.8. The van der Waals surface area contributed by atoms with Gasteiger partial charge in [-0.05, 0) is 24.3 Å². The Hall–Kier alpha value is -2.96. The molecule has 0 aliphatic carbocycles. The molecule has 1 N–H and O–H groups in total. The number of rotatable bonds is 2. The van der Waals surface area contributed by atoms with E-state index in [1.807, 2.05) is 0 Å². The fourth-order valence-corrected chi connectivity index (χ4v) is 2.52. The summed E-state index contributed by atoms with van der Waals surface area (Å²) in [7, 11) is 0. The summed E-state index contributed by atoms with van der Waals surface area (Å²) in [5.41, 5.74) is 0.556. The third-order valence-corrected chi connectivity index (χ3v) is 3.58. The number of hydrogen-bond acceptors (Lipinski definition) is 3. The molecular weight excluding hydrogens is 318 g/mol. The Bertz CT molecular complexity index is 790. The highest BCUT2D eigenvalue weighted by molar-refractivity contribution is 5.99. The molecule has 1 aliphatic heterocycles. The maximum atomic E-state index is 13.2. The van der Waals surface area contributed by atoms with Crippen molar-refractivity contribution >= 4 is 23.2 Å². The number of fused-ring (bicyclic) bond motifs is 1. The zero-order valence-corrected chi connectivity index (χ0v) is 12.8. The first-order chi connectivity index (χ1) is 11.4. The molecule has 2 aromatic rings. The van der Waals surface area contributed by atoms with Crippen molar-refractivity contribution in [3.05, 3.63) is 54.1 Å². The predicted octanol–water partition coefficient (Wildman–Crippen LogP) is 2.72. The highest BCUT2D eigenvalue weighted by atomic mass is 19.1. The molecule has 1 aliphatic rings. The molecule has 0 radical (unpaired) electrons. The van der Waals surface area contributed by atoms with Gasteiger partial charge in [0, 0.05) is 18.7 Å². The Morgan fingerprint density at radius 1 is 1.17 bits per heavy atom. The summed E-state index contributed by atoms with van der Waals surface area (Å²) in [4.78, 5) is 25.6. The fourth-order valence-electron chi connectivity index (χ4n) is 2.52. The summed E-state index contributed by atoms with van der Waals surface area (Å²) in [5.74, 6) is -2.04. The van der Waals surface area contributed by atoms with E-state index in [1.54, 1.807) is 24.3 Å². The quantitative estimate of drug-likeness (QED) is 0.920. The average molecular weight is 332 g/mol. The maximum Gasteiger partial charge on any atom is 0.267 e. The lowest BCUT2D eigenvalue weighted by Crippen LogP contribution is -2.48. The molecule has 2 aromatic carbocycles. The van der Waals surface area contributed by atoms with E-state index < -0.39 is 23.6 Å². The summed E-state index contributed by atoms with van der Waals surface area (Å²) in [6.07, 6.45) is -0.991. The van der Waals surface area contributed by atoms with Crippen molar-refractivity contribution in [1.82, 2.24) is 0 Å². The van der Waals surface area contributed by atoms with E-state index in [0.717, 1.165) is 12.1 Å². The minimum atomic E-state index is -0.991. The van der Waals surface area contributed by atoms with E-state index in [0.29, 0.717) is 17.5 Å². The van der Waals surface area contributed by atoms with Gasteiger partial charge in [0.15, 0.2) is 6.10 Å². The van der Waals surface area contributed by atoms with Gasteiger partial charge in [0.1, 0.15) is 17.4 Å². The van der Waals surface area contributed by atoms with E-state index in [4.69, 9.17) is 4.74 Å². The third-order valence-electron chi connectivity index (χ3n) is 3.58. The number of carbonyl (C=O) groups is 2. The van der Waals surface area contributed by atoms with Crippen LogP contribution < -0.4 is 15.0 Å². The van der Waals surface area contributed by atoms with Gasteiger partial charge in [-0.1, -0.05) is 12.1 Å². The summed E-state index contributed by atoms with van der Waals surface area (Å²) in [6, 6.07) is 9.55. The number of halogens is 2. The summed E-state index contributed by atoms with van der Waals surface area (Å²) in [6.45, 7) is 1.40. The molecule has 0 aromatic heterocycles. The van der Waals surface area contributed by atoms with Crippen molar-refractivity contribution < 1.29 is 23.1 Å². The van der Waals surface area contributed by atoms with Crippen LogP contribution in [0.5, 0.6) is 5.75 Å². The van der Waals surface area contributed by atoms with Crippen molar-refractivity contribution in [3.8, 4) is 5.75 Å². The molecule has 0 saturated carbocycles. The molecule has 1 heterocycles. The monoisotopic (exact) mass is 332 g/mol. The van der Waals surface area contributed by atoms with E-state index in [9.17, 15) is 18.4 Å². The van der Waals surface area contributed by atoms with Crippen LogP contribution in [0.4, 0.5) is 20.2 Å². The van der Waals surface area contributed by atoms with Gasteiger partial charge in [-0.25, -0.2) is 8.78 Å². The molecule has 0 saturated heterocycles. The molecular formula is C17H14F2N2O3. The molecule has 5 nitrogen and oxygen atoms in total. The lowest BCUT2D eigenvalue weighted by molar-refractivity contribution is -0.123. The van der Waals surface area contributed by atoms with Gasteiger partial charge in [-0.3, -0.25) is 9.59 Å². The molecule has 3 rings (SSSR count). The van der Waals surface area contributed by atoms with Crippen molar-refractivity contribution in [2.75, 3.05) is 16.8 Å². The normalized spacial score (nSPS) is 16.1. The molecule has 2 amide bonds. The Balaban J connectivity index is 1.82. The van der Waals surface area contributed by atoms with E-state index in [2.05, 4.69) is 5.32 Å². The Morgan fingerprint density at radius 3 is 2.50 bits per heavy atom. The van der Waals surface area contributed by atoms with Crippen LogP contribution in [0.3, 0.4) is 0 Å². The summed E-state index contributed by atoms with van der Waals surface area (Å²) in [5, 5.41) is 2.40. The number of nitrogens with one attached hydrogen (secondary N) is 1. The number of ether oxygens (including phenoxy) is 1. The molecule has 124 valence electrons. The van der Waals surface area contributed by atoms with Gasteiger partial charge in [0.2, 0.25) is 5.91 Å². The van der Waals surface area contributed by atoms with Crippen LogP contribution in [0.15, 0.2) is 42.5 Å². The van der Waals surface area contributed by atoms with Gasteiger partial charge >= 0.3 is 0 Å². The zero-order chi connectivity index (χ0) is 17.3. The van der Waals surface area contributed by atoms with Crippen molar-refractivity contribution in [3.63, 3.8) is 0 Å². The van der Waals surface area contributed by atoms with Gasteiger partial charge in [0.05, 0.1) is 12.2 Å². The number of anilines is 2. The Kier molecular flexibility index (Phi) is 4.16. The van der Waals surface area contributed by atoms with Crippen LogP contribution in [-0.2, 0) is 9.59 Å². The second-order valence-electron chi connectivity index (χ2n) is 5.35. The smallest absolute Gasteiger partial charge is 0.267 e. The lowest BCUT2D eigenvalue weighted by Gasteiger charge is -2.33. The van der Waals surface area contributed by atoms with Crippen LogP contribution in [0.2, 0.25) is 0 Å². The minimum absolute atomic E-state index is 0.00990. The first-order valence-corrected chi connectivity index (χ1v) is 7.25. The van der Waals surface area contributed by atoms with Gasteiger partial charge in [-0.2, -0.15) is 0 Å². The van der Waals surface area contributed by atoms with Crippen LogP contribution >= 0.6 is 0 Å². The SMILES string of the molecule is CC(=O)N1CC(C(=O)Nc2cc(F)cc(F)c2)Oc2ccccc21. The first kappa shape index (κ1) is 15.9. The molecule has 24 heavy (non-hydrogen) atoms. The Labute approximate surface area is 136 Å². The summed E-state index contributed by atoms with van der Waals surface area (Å²) < 4.78 is 32.0. The topological polar surface area (TPSA) is 58.6 Å². The largest absolute Gasteiger partial charge is 0.476 e. The van der Waals surface area contributed by atoms with E-state index in [-0.39, 0.29) is 18.1 Å². The van der Waals surface area contributed by atoms with Crippen molar-refractivity contribution in [2.24, 2.45) is 0 Å². The highest BCUT2D eigenvalue weighted by Gasteiger charge is 2.32.